The van der Waals surface area contributed by atoms with Crippen LogP contribution in [-0.4, -0.2) is 68.0 Å². The largest absolute Gasteiger partial charge is 0.744 e. The fourth-order valence-electron chi connectivity index (χ4n) is 5.68. The Hall–Kier alpha value is -6.04. The molecule has 0 unspecified atom stereocenters. The number of carbonyl (C=O) groups is 1. The molecule has 0 fully saturated rings. The average Bonchev–Trinajstić information content (AvgIpc) is 3.84. The maximum absolute atomic E-state index is 12.7. The zero-order chi connectivity index (χ0) is 42.7. The molecular weight excluding hydrogens is 833 g/mol. The van der Waals surface area contributed by atoms with Crippen molar-refractivity contribution in [2.75, 3.05) is 11.9 Å². The van der Waals surface area contributed by atoms with Gasteiger partial charge in [-0.15, -0.1) is 15.3 Å². The Labute approximate surface area is 340 Å². The molecule has 0 bridgehead atoms. The van der Waals surface area contributed by atoms with Crippen molar-refractivity contribution in [3.63, 3.8) is 0 Å². The van der Waals surface area contributed by atoms with Gasteiger partial charge in [-0.25, -0.2) is 31.3 Å². The topological polar surface area (TPSA) is 287 Å². The van der Waals surface area contributed by atoms with Crippen molar-refractivity contribution in [1.82, 2.24) is 29.6 Å². The zero-order valence-electron chi connectivity index (χ0n) is 31.3. The van der Waals surface area contributed by atoms with E-state index in [1.54, 1.807) is 24.3 Å². The summed E-state index contributed by atoms with van der Waals surface area (Å²) in [5.74, 6) is -0.0461. The number of rotatable bonds is 15. The zero-order valence-corrected chi connectivity index (χ0v) is 33.7. The Balaban J connectivity index is 1.20. The van der Waals surface area contributed by atoms with Crippen LogP contribution in [0.4, 0.5) is 22.9 Å². The molecule has 0 spiro atoms. The summed E-state index contributed by atoms with van der Waals surface area (Å²) in [6.07, 6.45) is 0.860. The number of carbonyl (C=O) groups excluding carboxylic acids is 1. The van der Waals surface area contributed by atoms with Gasteiger partial charge in [-0.1, -0.05) is 32.9 Å². The summed E-state index contributed by atoms with van der Waals surface area (Å²) in [6, 6.07) is 14.8. The lowest BCUT2D eigenvalue weighted by Crippen LogP contribution is -2.16. The normalized spacial score (nSPS) is 12.3. The Kier molecular flexibility index (Phi) is 12.3. The average molecular weight is 864 g/mol. The molecule has 0 aliphatic rings. The van der Waals surface area contributed by atoms with E-state index in [2.05, 4.69) is 50.0 Å². The second kappa shape index (κ2) is 17.1. The number of fused-ring (bicyclic) bond motifs is 1. The molecule has 0 radical (unpaired) electrons. The Morgan fingerprint density at radius 1 is 1.00 bits per heavy atom. The molecule has 0 aliphatic carbocycles. The van der Waals surface area contributed by atoms with Gasteiger partial charge in [-0.3, -0.25) is 14.9 Å². The lowest BCUT2D eigenvalue weighted by molar-refractivity contribution is -0.777. The van der Waals surface area contributed by atoms with E-state index in [1.165, 1.54) is 41.9 Å². The van der Waals surface area contributed by atoms with E-state index in [0.717, 1.165) is 16.8 Å². The third kappa shape index (κ3) is 9.64. The molecule has 0 saturated heterocycles. The van der Waals surface area contributed by atoms with Crippen molar-refractivity contribution in [2.24, 2.45) is 10.2 Å². The quantitative estimate of drug-likeness (QED) is 0.0258. The summed E-state index contributed by atoms with van der Waals surface area (Å²) in [4.78, 5) is 19.7. The monoisotopic (exact) mass is 863 g/mol. The number of H-pyrrole nitrogens is 1. The molecule has 308 valence electrons. The van der Waals surface area contributed by atoms with Gasteiger partial charge in [-0.05, 0) is 67.9 Å². The summed E-state index contributed by atoms with van der Waals surface area (Å²) in [7, 11) is -9.94. The van der Waals surface area contributed by atoms with E-state index in [0.29, 0.717) is 53.5 Å². The van der Waals surface area contributed by atoms with E-state index in [-0.39, 0.29) is 45.6 Å². The van der Waals surface area contributed by atoms with Crippen LogP contribution in [0.3, 0.4) is 0 Å². The van der Waals surface area contributed by atoms with Crippen molar-refractivity contribution >= 4 is 66.7 Å². The van der Waals surface area contributed by atoms with Crippen LogP contribution in [0.15, 0.2) is 91.6 Å². The maximum Gasteiger partial charge on any atom is 0.256 e. The summed E-state index contributed by atoms with van der Waals surface area (Å²) in [5, 5.41) is 37.2. The van der Waals surface area contributed by atoms with E-state index < -0.39 is 41.3 Å². The third-order valence-electron chi connectivity index (χ3n) is 8.34. The van der Waals surface area contributed by atoms with Gasteiger partial charge in [0.1, 0.15) is 26.0 Å². The van der Waals surface area contributed by atoms with E-state index in [1.807, 2.05) is 20.8 Å². The van der Waals surface area contributed by atoms with Gasteiger partial charge in [0.2, 0.25) is 5.65 Å². The van der Waals surface area contributed by atoms with Gasteiger partial charge in [0, 0.05) is 22.4 Å². The fraction of sp³-hybridized carbons (Fsp3) is 0.229. The van der Waals surface area contributed by atoms with Crippen LogP contribution in [0.1, 0.15) is 54.8 Å². The first-order valence-electron chi connectivity index (χ1n) is 17.1. The summed E-state index contributed by atoms with van der Waals surface area (Å²) < 4.78 is 84.1. The molecule has 59 heavy (non-hydrogen) atoms. The van der Waals surface area contributed by atoms with Crippen LogP contribution in [-0.2, 0) is 41.4 Å². The Bertz CT molecular complexity index is 2840. The Morgan fingerprint density at radius 2 is 1.71 bits per heavy atom. The highest BCUT2D eigenvalue weighted by Gasteiger charge is 2.27. The molecule has 21 nitrogen and oxygen atoms in total. The number of anilines is 1. The van der Waals surface area contributed by atoms with Crippen LogP contribution >= 0.6 is 12.0 Å². The minimum Gasteiger partial charge on any atom is -0.744 e. The molecule has 0 saturated carbocycles. The predicted molar refractivity (Wildman–Crippen MR) is 203 cm³/mol. The van der Waals surface area contributed by atoms with Crippen LogP contribution in [0.2, 0.25) is 0 Å². The van der Waals surface area contributed by atoms with Crippen LogP contribution in [0.25, 0.3) is 16.2 Å². The molecule has 1 amide bonds. The lowest BCUT2D eigenvalue weighted by atomic mass is 9.91. The standard InChI is InChI=1S/C35H34N10O11S3/c1-20-29(36-5)33(44(41-20)25-19-23(57-56-55-47)16-17-27(25)59(51,52)53)40-39-30-31(35(2,3)4)43-45-32(30)38-28(42-45)11-8-18-54-22-14-12-21(13-15-22)37-34(46)24-9-6-7-10-26(24)58(48,49)50/h6-7,9-10,12-17,19,43,47H,8,11,18H2,1-4H3,(H,37,46)(H,48,49,50)(H,51,52,53)/p-3. The molecule has 24 heteroatoms. The van der Waals surface area contributed by atoms with Gasteiger partial charge in [0.15, 0.2) is 17.3 Å². The number of aryl methyl sites for hydroxylation is 2. The van der Waals surface area contributed by atoms with Crippen LogP contribution in [0, 0.1) is 13.5 Å². The highest BCUT2D eigenvalue weighted by Crippen LogP contribution is 2.40. The number of ether oxygens (including phenoxy) is 1. The number of azo groups is 1. The van der Waals surface area contributed by atoms with E-state index in [4.69, 9.17) is 11.3 Å². The van der Waals surface area contributed by atoms with Crippen molar-refractivity contribution in [3.8, 4) is 11.4 Å². The van der Waals surface area contributed by atoms with Crippen molar-refractivity contribution in [1.29, 1.82) is 0 Å². The minimum atomic E-state index is -5.08. The van der Waals surface area contributed by atoms with Crippen LogP contribution < -0.4 is 15.3 Å². The molecule has 3 aromatic carbocycles. The van der Waals surface area contributed by atoms with Gasteiger partial charge >= 0.3 is 0 Å². The number of nitrogens with zero attached hydrogens (tertiary/aromatic N) is 8. The molecular formula is C35H31N10O11S3-3. The summed E-state index contributed by atoms with van der Waals surface area (Å²) >= 11 is 0.447. The highest BCUT2D eigenvalue weighted by molar-refractivity contribution is 7.94. The molecule has 0 aliphatic heterocycles. The number of hydrogen-bond donors (Lipinski definition) is 2. The summed E-state index contributed by atoms with van der Waals surface area (Å²) in [6.45, 7) is 15.3. The third-order valence-corrected chi connectivity index (χ3v) is 10.7. The van der Waals surface area contributed by atoms with Gasteiger partial charge in [0.25, 0.3) is 11.6 Å². The first-order chi connectivity index (χ1) is 27.9. The second-order valence-corrected chi connectivity index (χ2v) is 17.0. The SMILES string of the molecule is [C-]#[N+]c1c(C)nn(-c2cc(SOO[O-])ccc2S(=O)(=O)[O-])c1N=Nc1c(C(C)(C)C)[nH]n2nc(CCCOc3ccc(NC(=O)c4ccccc4S(=O)(=O)[O-])cc3)nc12. The Morgan fingerprint density at radius 3 is 2.37 bits per heavy atom. The maximum atomic E-state index is 12.7. The predicted octanol–water partition coefficient (Wildman–Crippen LogP) is 5.12. The smallest absolute Gasteiger partial charge is 0.256 e. The van der Waals surface area contributed by atoms with Crippen molar-refractivity contribution in [2.45, 2.75) is 60.6 Å². The summed E-state index contributed by atoms with van der Waals surface area (Å²) in [5.41, 5.74) is 0.463. The first kappa shape index (κ1) is 42.6. The number of amides is 1. The van der Waals surface area contributed by atoms with Crippen molar-refractivity contribution < 1.29 is 50.1 Å². The van der Waals surface area contributed by atoms with Crippen molar-refractivity contribution in [3.05, 3.63) is 101 Å². The van der Waals surface area contributed by atoms with E-state index >= 15 is 0 Å². The minimum absolute atomic E-state index is 0.0789. The molecule has 2 N–H and O–H groups in total. The molecule has 3 heterocycles. The number of nitrogens with one attached hydrogen (secondary N) is 2. The highest BCUT2D eigenvalue weighted by atomic mass is 32.2. The lowest BCUT2D eigenvalue weighted by Gasteiger charge is -2.16. The van der Waals surface area contributed by atoms with Gasteiger partial charge < -0.3 is 24.4 Å². The van der Waals surface area contributed by atoms with Gasteiger partial charge in [0.05, 0.1) is 57.7 Å². The number of aromatic amines is 1. The van der Waals surface area contributed by atoms with E-state index in [9.17, 15) is 36.0 Å². The molecule has 3 aromatic heterocycles. The van der Waals surface area contributed by atoms with Crippen LogP contribution in [0.5, 0.6) is 5.75 Å². The molecule has 6 aromatic rings. The second-order valence-electron chi connectivity index (χ2n) is 13.5. The number of hydrogen-bond acceptors (Lipinski definition) is 17. The molecule has 0 atom stereocenters. The first-order valence-corrected chi connectivity index (χ1v) is 20.6. The molecule has 6 rings (SSSR count). The van der Waals surface area contributed by atoms with Gasteiger partial charge in [-0.2, -0.15) is 14.1 Å². The number of aromatic nitrogens is 6. The number of benzene rings is 3. The fourth-order valence-corrected chi connectivity index (χ4v) is 7.38.